The van der Waals surface area contributed by atoms with E-state index in [1.54, 1.807) is 4.90 Å². The molecule has 0 N–H and O–H groups in total. The number of ether oxygens (including phenoxy) is 2. The average molecular weight is 269 g/mol. The molecule has 1 unspecified atom stereocenters. The third-order valence-electron chi connectivity index (χ3n) is 3.69. The maximum Gasteiger partial charge on any atom is 0.410 e. The summed E-state index contributed by atoms with van der Waals surface area (Å²) >= 11 is 0. The SMILES string of the molecule is CC(=O)OC1C[C@@H]2CN(C(=O)OC(C)(C)C)C[C@@H]2C1. The molecule has 1 aliphatic carbocycles. The first-order valence-electron chi connectivity index (χ1n) is 6.90. The molecule has 1 amide bonds. The summed E-state index contributed by atoms with van der Waals surface area (Å²) in [5.74, 6) is 0.669. The van der Waals surface area contributed by atoms with Crippen molar-refractivity contribution in [3.8, 4) is 0 Å². The van der Waals surface area contributed by atoms with Crippen molar-refractivity contribution >= 4 is 12.1 Å². The number of rotatable bonds is 1. The van der Waals surface area contributed by atoms with Crippen LogP contribution in [-0.2, 0) is 14.3 Å². The third-order valence-corrected chi connectivity index (χ3v) is 3.69. The van der Waals surface area contributed by atoms with E-state index < -0.39 is 5.60 Å². The van der Waals surface area contributed by atoms with Crippen LogP contribution >= 0.6 is 0 Å². The Morgan fingerprint density at radius 1 is 1.11 bits per heavy atom. The lowest BCUT2D eigenvalue weighted by Gasteiger charge is -2.25. The van der Waals surface area contributed by atoms with E-state index in [4.69, 9.17) is 9.47 Å². The fourth-order valence-corrected chi connectivity index (χ4v) is 3.05. The molecule has 1 heterocycles. The number of nitrogens with zero attached hydrogens (tertiary/aromatic N) is 1. The van der Waals surface area contributed by atoms with Crippen molar-refractivity contribution in [2.45, 2.75) is 52.2 Å². The second kappa shape index (κ2) is 5.02. The van der Waals surface area contributed by atoms with Crippen LogP contribution in [0.25, 0.3) is 0 Å². The molecule has 0 bridgehead atoms. The van der Waals surface area contributed by atoms with E-state index in [1.165, 1.54) is 6.92 Å². The predicted octanol–water partition coefficient (Wildman–Crippen LogP) is 2.20. The molecule has 0 aromatic heterocycles. The molecule has 108 valence electrons. The van der Waals surface area contributed by atoms with E-state index in [0.717, 1.165) is 25.9 Å². The monoisotopic (exact) mass is 269 g/mol. The summed E-state index contributed by atoms with van der Waals surface area (Å²) in [6, 6.07) is 0. The second-order valence-corrected chi connectivity index (χ2v) is 6.61. The number of likely N-dealkylation sites (tertiary alicyclic amines) is 1. The van der Waals surface area contributed by atoms with E-state index in [-0.39, 0.29) is 18.2 Å². The Labute approximate surface area is 114 Å². The molecule has 0 radical (unpaired) electrons. The fourth-order valence-electron chi connectivity index (χ4n) is 3.05. The summed E-state index contributed by atoms with van der Waals surface area (Å²) in [5, 5.41) is 0. The van der Waals surface area contributed by atoms with E-state index in [2.05, 4.69) is 0 Å². The Bertz CT molecular complexity index is 360. The highest BCUT2D eigenvalue weighted by atomic mass is 16.6. The number of amides is 1. The third kappa shape index (κ3) is 3.61. The van der Waals surface area contributed by atoms with Gasteiger partial charge in [-0.25, -0.2) is 4.79 Å². The Kier molecular flexibility index (Phi) is 3.74. The molecule has 5 nitrogen and oxygen atoms in total. The molecule has 1 saturated heterocycles. The van der Waals surface area contributed by atoms with Crippen LogP contribution in [0.3, 0.4) is 0 Å². The average Bonchev–Trinajstić information content (AvgIpc) is 2.70. The maximum atomic E-state index is 12.0. The van der Waals surface area contributed by atoms with Gasteiger partial charge in [-0.1, -0.05) is 0 Å². The first kappa shape index (κ1) is 14.2. The minimum atomic E-state index is -0.449. The van der Waals surface area contributed by atoms with Gasteiger partial charge in [0.05, 0.1) is 0 Å². The van der Waals surface area contributed by atoms with Gasteiger partial charge in [-0.05, 0) is 45.4 Å². The van der Waals surface area contributed by atoms with E-state index in [0.29, 0.717) is 11.8 Å². The van der Waals surface area contributed by atoms with Crippen LogP contribution in [0, 0.1) is 11.8 Å². The van der Waals surface area contributed by atoms with Gasteiger partial charge in [0.1, 0.15) is 11.7 Å². The zero-order valence-corrected chi connectivity index (χ0v) is 12.1. The lowest BCUT2D eigenvalue weighted by Crippen LogP contribution is -2.36. The van der Waals surface area contributed by atoms with Gasteiger partial charge >= 0.3 is 12.1 Å². The largest absolute Gasteiger partial charge is 0.463 e. The van der Waals surface area contributed by atoms with Crippen LogP contribution in [0.2, 0.25) is 0 Å². The summed E-state index contributed by atoms with van der Waals surface area (Å²) in [7, 11) is 0. The van der Waals surface area contributed by atoms with Crippen molar-refractivity contribution < 1.29 is 19.1 Å². The van der Waals surface area contributed by atoms with Gasteiger partial charge in [0.25, 0.3) is 0 Å². The first-order valence-corrected chi connectivity index (χ1v) is 6.90. The zero-order valence-electron chi connectivity index (χ0n) is 12.1. The van der Waals surface area contributed by atoms with Gasteiger partial charge in [0, 0.05) is 20.0 Å². The molecule has 5 heteroatoms. The molecule has 2 rings (SSSR count). The quantitative estimate of drug-likeness (QED) is 0.685. The predicted molar refractivity (Wildman–Crippen MR) is 69.6 cm³/mol. The highest BCUT2D eigenvalue weighted by Gasteiger charge is 2.44. The van der Waals surface area contributed by atoms with E-state index in [1.807, 2.05) is 20.8 Å². The van der Waals surface area contributed by atoms with Gasteiger partial charge in [-0.2, -0.15) is 0 Å². The van der Waals surface area contributed by atoms with E-state index in [9.17, 15) is 9.59 Å². The maximum absolute atomic E-state index is 12.0. The van der Waals surface area contributed by atoms with Crippen LogP contribution in [0.5, 0.6) is 0 Å². The Hall–Kier alpha value is -1.26. The Balaban J connectivity index is 1.84. The van der Waals surface area contributed by atoms with Crippen LogP contribution in [-0.4, -0.2) is 41.8 Å². The van der Waals surface area contributed by atoms with Crippen molar-refractivity contribution in [2.75, 3.05) is 13.1 Å². The smallest absolute Gasteiger partial charge is 0.410 e. The molecule has 0 aromatic carbocycles. The van der Waals surface area contributed by atoms with E-state index >= 15 is 0 Å². The minimum absolute atomic E-state index is 0.0355. The highest BCUT2D eigenvalue weighted by Crippen LogP contribution is 2.39. The molecule has 2 aliphatic rings. The van der Waals surface area contributed by atoms with Crippen molar-refractivity contribution in [3.05, 3.63) is 0 Å². The van der Waals surface area contributed by atoms with Crippen LogP contribution in [0.15, 0.2) is 0 Å². The fraction of sp³-hybridized carbons (Fsp3) is 0.857. The van der Waals surface area contributed by atoms with Crippen molar-refractivity contribution in [1.29, 1.82) is 0 Å². The van der Waals surface area contributed by atoms with Gasteiger partial charge in [0.2, 0.25) is 0 Å². The topological polar surface area (TPSA) is 55.8 Å². The number of fused-ring (bicyclic) bond motifs is 1. The zero-order chi connectivity index (χ0) is 14.2. The molecule has 3 atom stereocenters. The molecule has 2 fully saturated rings. The molecular weight excluding hydrogens is 246 g/mol. The van der Waals surface area contributed by atoms with Gasteiger partial charge in [0.15, 0.2) is 0 Å². The minimum Gasteiger partial charge on any atom is -0.463 e. The first-order chi connectivity index (χ1) is 8.74. The Morgan fingerprint density at radius 3 is 2.05 bits per heavy atom. The van der Waals surface area contributed by atoms with Crippen LogP contribution in [0.4, 0.5) is 4.79 Å². The van der Waals surface area contributed by atoms with Crippen molar-refractivity contribution in [2.24, 2.45) is 11.8 Å². The molecule has 0 spiro atoms. The Morgan fingerprint density at radius 2 is 1.63 bits per heavy atom. The molecule has 1 aliphatic heterocycles. The summed E-state index contributed by atoms with van der Waals surface area (Å²) < 4.78 is 10.6. The molecular formula is C14H23NO4. The number of esters is 1. The van der Waals surface area contributed by atoms with Crippen molar-refractivity contribution in [1.82, 2.24) is 4.90 Å². The lowest BCUT2D eigenvalue weighted by molar-refractivity contribution is -0.146. The number of carbonyl (C=O) groups excluding carboxylic acids is 2. The van der Waals surface area contributed by atoms with Gasteiger partial charge in [-0.3, -0.25) is 4.79 Å². The summed E-state index contributed by atoms with van der Waals surface area (Å²) in [5.41, 5.74) is -0.449. The standard InChI is InChI=1S/C14H23NO4/c1-9(16)18-12-5-10-7-15(8-11(10)6-12)13(17)19-14(2,3)4/h10-12H,5-8H2,1-4H3/t10-,11+,12?. The number of carbonyl (C=O) groups is 2. The van der Waals surface area contributed by atoms with Gasteiger partial charge < -0.3 is 14.4 Å². The summed E-state index contributed by atoms with van der Waals surface area (Å²) in [6.45, 7) is 8.51. The second-order valence-electron chi connectivity index (χ2n) is 6.61. The number of hydrogen-bond donors (Lipinski definition) is 0. The summed E-state index contributed by atoms with van der Waals surface area (Å²) in [6.07, 6.45) is 1.53. The summed E-state index contributed by atoms with van der Waals surface area (Å²) in [4.78, 5) is 24.7. The molecule has 0 aromatic rings. The molecule has 19 heavy (non-hydrogen) atoms. The van der Waals surface area contributed by atoms with Gasteiger partial charge in [-0.15, -0.1) is 0 Å². The van der Waals surface area contributed by atoms with Crippen LogP contribution < -0.4 is 0 Å². The highest BCUT2D eigenvalue weighted by molar-refractivity contribution is 5.68. The normalized spacial score (nSPS) is 30.1. The number of hydrogen-bond acceptors (Lipinski definition) is 4. The molecule has 1 saturated carbocycles. The van der Waals surface area contributed by atoms with Crippen molar-refractivity contribution in [3.63, 3.8) is 0 Å². The van der Waals surface area contributed by atoms with Crippen LogP contribution in [0.1, 0.15) is 40.5 Å². The lowest BCUT2D eigenvalue weighted by atomic mass is 10.0.